The maximum absolute atomic E-state index is 10.7. The summed E-state index contributed by atoms with van der Waals surface area (Å²) in [6.45, 7) is 1.18. The minimum atomic E-state index is -0.424. The fraction of sp³-hybridized carbons (Fsp3) is 0.455. The van der Waals surface area contributed by atoms with Gasteiger partial charge < -0.3 is 14.4 Å². The molecule has 0 saturated heterocycles. The van der Waals surface area contributed by atoms with Gasteiger partial charge in [-0.25, -0.2) is 0 Å². The third-order valence-electron chi connectivity index (χ3n) is 2.42. The van der Waals surface area contributed by atoms with Crippen LogP contribution in [0.2, 0.25) is 0 Å². The molecule has 0 atom stereocenters. The van der Waals surface area contributed by atoms with Gasteiger partial charge in [-0.3, -0.25) is 10.1 Å². The molecule has 6 heteroatoms. The predicted molar refractivity (Wildman–Crippen MR) is 64.8 cm³/mol. The summed E-state index contributed by atoms with van der Waals surface area (Å²) >= 11 is 0. The third kappa shape index (κ3) is 3.32. The van der Waals surface area contributed by atoms with Gasteiger partial charge in [-0.2, -0.15) is 0 Å². The molecule has 0 spiro atoms. The summed E-state index contributed by atoms with van der Waals surface area (Å²) in [5, 5.41) is 10.7. The second-order valence-corrected chi connectivity index (χ2v) is 3.53. The lowest BCUT2D eigenvalue weighted by Gasteiger charge is -2.20. The molecule has 1 aromatic rings. The van der Waals surface area contributed by atoms with Crippen LogP contribution in [0.25, 0.3) is 0 Å². The monoisotopic (exact) mass is 240 g/mol. The smallest absolute Gasteiger partial charge is 0.271 e. The summed E-state index contributed by atoms with van der Waals surface area (Å²) in [6, 6.07) is 4.51. The Balaban J connectivity index is 3.00. The number of nitro benzene ring substituents is 1. The highest BCUT2D eigenvalue weighted by molar-refractivity contribution is 5.62. The van der Waals surface area contributed by atoms with Gasteiger partial charge in [0.15, 0.2) is 0 Å². The summed E-state index contributed by atoms with van der Waals surface area (Å²) in [4.78, 5) is 12.1. The van der Waals surface area contributed by atoms with Crippen LogP contribution < -0.4 is 9.64 Å². The second kappa shape index (κ2) is 6.05. The van der Waals surface area contributed by atoms with E-state index in [4.69, 9.17) is 9.47 Å². The molecule has 0 fully saturated rings. The Hall–Kier alpha value is -1.82. The standard InChI is InChI=1S/C11H16N2O4/c1-12(6-7-16-2)10-8-9(13(14)15)4-5-11(10)17-3/h4-5,8H,6-7H2,1-3H3. The lowest BCUT2D eigenvalue weighted by Crippen LogP contribution is -2.22. The van der Waals surface area contributed by atoms with Gasteiger partial charge in [0.05, 0.1) is 24.3 Å². The van der Waals surface area contributed by atoms with Crippen LogP contribution in [0.3, 0.4) is 0 Å². The van der Waals surface area contributed by atoms with E-state index in [-0.39, 0.29) is 5.69 Å². The largest absolute Gasteiger partial charge is 0.495 e. The molecule has 94 valence electrons. The molecule has 0 saturated carbocycles. The summed E-state index contributed by atoms with van der Waals surface area (Å²) in [5.74, 6) is 0.606. The predicted octanol–water partition coefficient (Wildman–Crippen LogP) is 1.69. The fourth-order valence-electron chi connectivity index (χ4n) is 1.44. The molecule has 0 bridgehead atoms. The molecule has 0 aliphatic rings. The molecule has 0 aromatic heterocycles. The number of likely N-dealkylation sites (N-methyl/N-ethyl adjacent to an activating group) is 1. The minimum Gasteiger partial charge on any atom is -0.495 e. The maximum atomic E-state index is 10.7. The molecule has 1 rings (SSSR count). The van der Waals surface area contributed by atoms with Crippen LogP contribution in [0.5, 0.6) is 5.75 Å². The Morgan fingerprint density at radius 3 is 2.65 bits per heavy atom. The molecule has 0 radical (unpaired) electrons. The Bertz CT molecular complexity index is 395. The molecular weight excluding hydrogens is 224 g/mol. The number of ether oxygens (including phenoxy) is 2. The third-order valence-corrected chi connectivity index (χ3v) is 2.42. The molecule has 0 heterocycles. The number of hydrogen-bond donors (Lipinski definition) is 0. The first kappa shape index (κ1) is 13.2. The van der Waals surface area contributed by atoms with E-state index >= 15 is 0 Å². The number of rotatable bonds is 6. The van der Waals surface area contributed by atoms with E-state index < -0.39 is 4.92 Å². The van der Waals surface area contributed by atoms with Gasteiger partial charge in [0, 0.05) is 32.8 Å². The van der Waals surface area contributed by atoms with Crippen molar-refractivity contribution in [2.45, 2.75) is 0 Å². The van der Waals surface area contributed by atoms with Crippen molar-refractivity contribution in [3.8, 4) is 5.75 Å². The van der Waals surface area contributed by atoms with Crippen molar-refractivity contribution >= 4 is 11.4 Å². The molecule has 1 aromatic carbocycles. The number of non-ortho nitro benzene ring substituents is 1. The molecule has 0 aliphatic carbocycles. The van der Waals surface area contributed by atoms with Crippen molar-refractivity contribution < 1.29 is 14.4 Å². The average Bonchev–Trinajstić information content (AvgIpc) is 2.34. The average molecular weight is 240 g/mol. The summed E-state index contributed by atoms with van der Waals surface area (Å²) in [6.07, 6.45) is 0. The topological polar surface area (TPSA) is 64.8 Å². The van der Waals surface area contributed by atoms with Gasteiger partial charge in [0.2, 0.25) is 0 Å². The first-order valence-corrected chi connectivity index (χ1v) is 5.12. The zero-order valence-electron chi connectivity index (χ0n) is 10.2. The first-order valence-electron chi connectivity index (χ1n) is 5.12. The zero-order chi connectivity index (χ0) is 12.8. The van der Waals surface area contributed by atoms with Crippen LogP contribution in [0.15, 0.2) is 18.2 Å². The van der Waals surface area contributed by atoms with Crippen LogP contribution in [-0.4, -0.2) is 39.3 Å². The lowest BCUT2D eigenvalue weighted by molar-refractivity contribution is -0.384. The Morgan fingerprint density at radius 1 is 1.41 bits per heavy atom. The molecule has 0 N–H and O–H groups in total. The quantitative estimate of drug-likeness (QED) is 0.559. The van der Waals surface area contributed by atoms with E-state index in [9.17, 15) is 10.1 Å². The zero-order valence-corrected chi connectivity index (χ0v) is 10.2. The van der Waals surface area contributed by atoms with Crippen molar-refractivity contribution in [2.24, 2.45) is 0 Å². The molecule has 0 aliphatic heterocycles. The van der Waals surface area contributed by atoms with Crippen molar-refractivity contribution in [1.82, 2.24) is 0 Å². The molecule has 0 unspecified atom stereocenters. The number of nitrogens with zero attached hydrogens (tertiary/aromatic N) is 2. The Morgan fingerprint density at radius 2 is 2.12 bits per heavy atom. The highest BCUT2D eigenvalue weighted by Crippen LogP contribution is 2.31. The minimum absolute atomic E-state index is 0.0464. The van der Waals surface area contributed by atoms with Gasteiger partial charge in [-0.05, 0) is 6.07 Å². The Kier molecular flexibility index (Phi) is 4.71. The summed E-state index contributed by atoms with van der Waals surface area (Å²) < 4.78 is 10.1. The highest BCUT2D eigenvalue weighted by atomic mass is 16.6. The Labute approximate surface area is 99.9 Å². The van der Waals surface area contributed by atoms with Crippen molar-refractivity contribution in [1.29, 1.82) is 0 Å². The van der Waals surface area contributed by atoms with E-state index in [1.807, 2.05) is 11.9 Å². The van der Waals surface area contributed by atoms with E-state index in [0.717, 1.165) is 0 Å². The number of anilines is 1. The molecule has 17 heavy (non-hydrogen) atoms. The van der Waals surface area contributed by atoms with Crippen molar-refractivity contribution in [3.05, 3.63) is 28.3 Å². The fourth-order valence-corrected chi connectivity index (χ4v) is 1.44. The number of hydrogen-bond acceptors (Lipinski definition) is 5. The van der Waals surface area contributed by atoms with E-state index in [2.05, 4.69) is 0 Å². The van der Waals surface area contributed by atoms with E-state index in [1.165, 1.54) is 19.2 Å². The highest BCUT2D eigenvalue weighted by Gasteiger charge is 2.14. The molecular formula is C11H16N2O4. The lowest BCUT2D eigenvalue weighted by atomic mass is 10.2. The van der Waals surface area contributed by atoms with Crippen molar-refractivity contribution in [3.63, 3.8) is 0 Å². The number of nitro groups is 1. The van der Waals surface area contributed by atoms with Gasteiger partial charge >= 0.3 is 0 Å². The SMILES string of the molecule is COCCN(C)c1cc([N+](=O)[O-])ccc1OC. The first-order chi connectivity index (χ1) is 8.10. The second-order valence-electron chi connectivity index (χ2n) is 3.53. The van der Waals surface area contributed by atoms with Crippen LogP contribution in [0.4, 0.5) is 11.4 Å². The van der Waals surface area contributed by atoms with Crippen molar-refractivity contribution in [2.75, 3.05) is 39.3 Å². The van der Waals surface area contributed by atoms with E-state index in [0.29, 0.717) is 24.6 Å². The van der Waals surface area contributed by atoms with Crippen LogP contribution in [0, 0.1) is 10.1 Å². The van der Waals surface area contributed by atoms with Crippen LogP contribution in [-0.2, 0) is 4.74 Å². The van der Waals surface area contributed by atoms with Crippen LogP contribution >= 0.6 is 0 Å². The molecule has 6 nitrogen and oxygen atoms in total. The van der Waals surface area contributed by atoms with Crippen LogP contribution in [0.1, 0.15) is 0 Å². The van der Waals surface area contributed by atoms with Gasteiger partial charge in [0.1, 0.15) is 5.75 Å². The molecule has 0 amide bonds. The summed E-state index contributed by atoms with van der Waals surface area (Å²) in [5.41, 5.74) is 0.726. The van der Waals surface area contributed by atoms with Gasteiger partial charge in [0.25, 0.3) is 5.69 Å². The van der Waals surface area contributed by atoms with Gasteiger partial charge in [-0.1, -0.05) is 0 Å². The van der Waals surface area contributed by atoms with E-state index in [1.54, 1.807) is 13.2 Å². The normalized spacial score (nSPS) is 10.1. The van der Waals surface area contributed by atoms with Gasteiger partial charge in [-0.15, -0.1) is 0 Å². The number of benzene rings is 1. The number of methoxy groups -OCH3 is 2. The summed E-state index contributed by atoms with van der Waals surface area (Å²) in [7, 11) is 4.98. The maximum Gasteiger partial charge on any atom is 0.271 e.